The predicted molar refractivity (Wildman–Crippen MR) is 214 cm³/mol. The molecular weight excluding hydrogens is 707 g/mol. The zero-order chi connectivity index (χ0) is 38.6. The zero-order valence-corrected chi connectivity index (χ0v) is 32.3. The van der Waals surface area contributed by atoms with Crippen molar-refractivity contribution in [2.45, 2.75) is 77.4 Å². The lowest BCUT2D eigenvalue weighted by Crippen LogP contribution is -2.40. The van der Waals surface area contributed by atoms with Gasteiger partial charge in [-0.25, -0.2) is 14.6 Å². The minimum atomic E-state index is -0.594. The third-order valence-electron chi connectivity index (χ3n) is 11.3. The number of hydrogen-bond acceptors (Lipinski definition) is 8. The number of carbonyl (C=O) groups is 2. The van der Waals surface area contributed by atoms with Crippen molar-refractivity contribution >= 4 is 34.4 Å². The van der Waals surface area contributed by atoms with Crippen LogP contribution < -0.4 is 4.74 Å². The molecule has 4 aromatic carbocycles. The molecule has 1 aromatic heterocycles. The molecule has 0 saturated carbocycles. The molecule has 0 bridgehead atoms. The van der Waals surface area contributed by atoms with Gasteiger partial charge in [0.05, 0.1) is 36.3 Å². The Morgan fingerprint density at radius 2 is 1.82 bits per heavy atom. The third kappa shape index (κ3) is 6.89. The van der Waals surface area contributed by atoms with E-state index in [2.05, 4.69) is 47.4 Å². The van der Waals surface area contributed by atoms with Crippen LogP contribution in [0.4, 0.5) is 15.3 Å². The Bertz CT molecular complexity index is 2350. The lowest BCUT2D eigenvalue weighted by molar-refractivity contribution is 0.0208. The number of rotatable bonds is 7. The second-order valence-corrected chi connectivity index (χ2v) is 16.4. The van der Waals surface area contributed by atoms with E-state index in [4.69, 9.17) is 28.9 Å². The number of aromatic amines is 1. The van der Waals surface area contributed by atoms with Crippen LogP contribution in [0.2, 0.25) is 0 Å². The van der Waals surface area contributed by atoms with Crippen LogP contribution in [0.3, 0.4) is 0 Å². The first kappa shape index (κ1) is 36.0. The molecule has 11 nitrogen and oxygen atoms in total. The number of aromatic nitrogens is 2. The number of imidazole rings is 1. The van der Waals surface area contributed by atoms with Gasteiger partial charge in [0.25, 0.3) is 0 Å². The minimum Gasteiger partial charge on any atom is -0.488 e. The Kier molecular flexibility index (Phi) is 9.28. The first-order valence-electron chi connectivity index (χ1n) is 19.6. The highest BCUT2D eigenvalue weighted by atomic mass is 16.6. The average molecular weight is 754 g/mol. The minimum absolute atomic E-state index is 0.0729. The third-order valence-corrected chi connectivity index (χ3v) is 11.3. The van der Waals surface area contributed by atoms with Gasteiger partial charge in [-0.05, 0) is 103 Å². The fourth-order valence-electron chi connectivity index (χ4n) is 8.74. The van der Waals surface area contributed by atoms with Crippen LogP contribution >= 0.6 is 0 Å². The molecule has 5 heterocycles. The Hall–Kier alpha value is -5.68. The van der Waals surface area contributed by atoms with E-state index in [1.807, 2.05) is 62.2 Å². The van der Waals surface area contributed by atoms with Gasteiger partial charge in [0.15, 0.2) is 0 Å². The number of carbonyl (C=O) groups excluding carboxylic acids is 2. The van der Waals surface area contributed by atoms with Gasteiger partial charge < -0.3 is 23.9 Å². The van der Waals surface area contributed by atoms with E-state index in [-0.39, 0.29) is 36.8 Å². The molecule has 288 valence electrons. The number of likely N-dealkylation sites (tertiary alicyclic amines) is 2. The monoisotopic (exact) mass is 753 g/mol. The van der Waals surface area contributed by atoms with Crippen LogP contribution in [0.5, 0.6) is 5.75 Å². The number of amides is 2. The first-order chi connectivity index (χ1) is 27.1. The van der Waals surface area contributed by atoms with Crippen LogP contribution in [0.15, 0.2) is 84.0 Å². The van der Waals surface area contributed by atoms with Crippen molar-refractivity contribution in [1.82, 2.24) is 19.8 Å². The van der Waals surface area contributed by atoms with Crippen molar-refractivity contribution in [2.24, 2.45) is 10.9 Å². The molecule has 9 rings (SSSR count). The number of nitrogens with zero attached hydrogens (tertiary/aromatic N) is 4. The number of methoxy groups -OCH3 is 1. The maximum absolute atomic E-state index is 13.2. The lowest BCUT2D eigenvalue weighted by atomic mass is 9.91. The summed E-state index contributed by atoms with van der Waals surface area (Å²) in [4.78, 5) is 43.4. The quantitative estimate of drug-likeness (QED) is 0.176. The highest BCUT2D eigenvalue weighted by Gasteiger charge is 2.40. The fraction of sp³-hybridized carbons (Fsp3) is 0.378. The van der Waals surface area contributed by atoms with E-state index in [9.17, 15) is 9.59 Å². The van der Waals surface area contributed by atoms with E-state index in [1.165, 1.54) is 5.56 Å². The molecule has 4 aliphatic rings. The number of ether oxygens (including phenoxy) is 4. The highest BCUT2D eigenvalue weighted by Crippen LogP contribution is 2.45. The molecular formula is C45H47N5O6. The maximum atomic E-state index is 13.2. The zero-order valence-electron chi connectivity index (χ0n) is 32.3. The number of benzene rings is 4. The standard InChI is InChI=1S/C45H47N5O6/c1-45(2,3)56-44(52)50-23-28(24-53-4)17-40(50)42-46-22-38(48-42)30-12-14-32-31(18-30)26-54-41-21-33-29(19-35(32)41)13-15-36-34(33)20-37(47-36)39-11-8-16-49(39)43(51)55-25-27-9-6-5-7-10-27/h5-7,9-10,12-15,18-19,21-22,28,39-40H,8,11,16-17,20,23-26H2,1-4H3,(H,46,48)/t28-,39-,40-/m0/s1. The molecule has 11 heteroatoms. The summed E-state index contributed by atoms with van der Waals surface area (Å²) in [7, 11) is 1.69. The van der Waals surface area contributed by atoms with Crippen LogP contribution in [0.1, 0.15) is 68.6 Å². The summed E-state index contributed by atoms with van der Waals surface area (Å²) in [5, 5.41) is 2.25. The van der Waals surface area contributed by atoms with Gasteiger partial charge in [0, 0.05) is 43.8 Å². The summed E-state index contributed by atoms with van der Waals surface area (Å²) in [6, 6.07) is 24.5. The van der Waals surface area contributed by atoms with Gasteiger partial charge in [-0.1, -0.05) is 48.5 Å². The molecule has 0 radical (unpaired) electrons. The molecule has 2 saturated heterocycles. The van der Waals surface area contributed by atoms with Crippen molar-refractivity contribution in [1.29, 1.82) is 0 Å². The second-order valence-electron chi connectivity index (χ2n) is 16.4. The number of H-pyrrole nitrogens is 1. The van der Waals surface area contributed by atoms with Crippen molar-refractivity contribution in [3.8, 4) is 28.1 Å². The summed E-state index contributed by atoms with van der Waals surface area (Å²) >= 11 is 0. The van der Waals surface area contributed by atoms with E-state index in [1.54, 1.807) is 12.0 Å². The second kappa shape index (κ2) is 14.4. The van der Waals surface area contributed by atoms with E-state index >= 15 is 0 Å². The Morgan fingerprint density at radius 1 is 0.964 bits per heavy atom. The molecule has 5 aromatic rings. The van der Waals surface area contributed by atoms with E-state index < -0.39 is 5.60 Å². The smallest absolute Gasteiger partial charge is 0.410 e. The number of hydrogen-bond donors (Lipinski definition) is 1. The van der Waals surface area contributed by atoms with Crippen molar-refractivity contribution in [3.05, 3.63) is 102 Å². The molecule has 2 amide bonds. The summed E-state index contributed by atoms with van der Waals surface area (Å²) < 4.78 is 23.4. The van der Waals surface area contributed by atoms with Gasteiger partial charge in [0.1, 0.15) is 30.4 Å². The van der Waals surface area contributed by atoms with Gasteiger partial charge in [0.2, 0.25) is 0 Å². The fourth-order valence-corrected chi connectivity index (χ4v) is 8.74. The molecule has 4 aliphatic heterocycles. The topological polar surface area (TPSA) is 119 Å². The molecule has 2 fully saturated rings. The summed E-state index contributed by atoms with van der Waals surface area (Å²) in [6.45, 7) is 8.12. The Morgan fingerprint density at radius 3 is 2.64 bits per heavy atom. The predicted octanol–water partition coefficient (Wildman–Crippen LogP) is 9.16. The first-order valence-corrected chi connectivity index (χ1v) is 19.6. The number of nitrogens with one attached hydrogen (secondary N) is 1. The molecule has 3 atom stereocenters. The Labute approximate surface area is 326 Å². The van der Waals surface area contributed by atoms with Gasteiger partial charge in [-0.15, -0.1) is 0 Å². The number of fused-ring (bicyclic) bond motifs is 6. The van der Waals surface area contributed by atoms with Gasteiger partial charge in [-0.2, -0.15) is 0 Å². The lowest BCUT2D eigenvalue weighted by Gasteiger charge is -2.27. The van der Waals surface area contributed by atoms with Crippen LogP contribution in [-0.2, 0) is 33.8 Å². The highest BCUT2D eigenvalue weighted by molar-refractivity contribution is 6.06. The molecule has 0 aliphatic carbocycles. The van der Waals surface area contributed by atoms with Gasteiger partial charge >= 0.3 is 12.2 Å². The molecule has 0 unspecified atom stereocenters. The Balaban J connectivity index is 0.924. The van der Waals surface area contributed by atoms with Crippen molar-refractivity contribution < 1.29 is 28.5 Å². The molecule has 56 heavy (non-hydrogen) atoms. The SMILES string of the molecule is COC[C@H]1C[C@@H](c2ncc(-c3ccc4c(c3)COc3cc5c6c(ccc5cc3-4)N=C([C@@H]3CCCN3C(=O)OCc3ccccc3)C6)[nH]2)N(C(=O)OC(C)(C)C)C1. The maximum Gasteiger partial charge on any atom is 0.410 e. The normalized spacial score (nSPS) is 20.0. The molecule has 0 spiro atoms. The average Bonchev–Trinajstić information content (AvgIpc) is 4.02. The van der Waals surface area contributed by atoms with E-state index in [0.29, 0.717) is 32.7 Å². The van der Waals surface area contributed by atoms with Crippen molar-refractivity contribution in [3.63, 3.8) is 0 Å². The van der Waals surface area contributed by atoms with Crippen LogP contribution in [0, 0.1) is 5.92 Å². The van der Waals surface area contributed by atoms with Crippen LogP contribution in [-0.4, -0.2) is 76.1 Å². The number of aliphatic imine (C=N–C) groups is 1. The molecule has 1 N–H and O–H groups in total. The van der Waals surface area contributed by atoms with Crippen molar-refractivity contribution in [2.75, 3.05) is 26.8 Å². The van der Waals surface area contributed by atoms with Gasteiger partial charge in [-0.3, -0.25) is 14.8 Å². The van der Waals surface area contributed by atoms with E-state index in [0.717, 1.165) is 86.5 Å². The largest absolute Gasteiger partial charge is 0.488 e. The summed E-state index contributed by atoms with van der Waals surface area (Å²) in [6.07, 6.45) is 4.44. The summed E-state index contributed by atoms with van der Waals surface area (Å²) in [5.41, 5.74) is 8.68. The van der Waals surface area contributed by atoms with Crippen LogP contribution in [0.25, 0.3) is 33.2 Å². The summed E-state index contributed by atoms with van der Waals surface area (Å²) in [5.74, 6) is 1.78.